The Morgan fingerprint density at radius 1 is 1.23 bits per heavy atom. The molecule has 6 heteroatoms. The van der Waals surface area contributed by atoms with Crippen LogP contribution in [0.1, 0.15) is 30.6 Å². The second-order valence-electron chi connectivity index (χ2n) is 5.20. The number of carbonyl (C=O) groups excluding carboxylic acids is 3. The third kappa shape index (κ3) is 3.44. The maximum Gasteiger partial charge on any atom is 0.251 e. The summed E-state index contributed by atoms with van der Waals surface area (Å²) in [5.41, 5.74) is 0.494. The zero-order chi connectivity index (χ0) is 16.1. The maximum absolute atomic E-state index is 12.3. The Labute approximate surface area is 129 Å². The summed E-state index contributed by atoms with van der Waals surface area (Å²) in [5, 5.41) is 5.35. The van der Waals surface area contributed by atoms with E-state index in [4.69, 9.17) is 0 Å². The molecular weight excluding hydrogens is 282 g/mol. The quantitative estimate of drug-likeness (QED) is 0.833. The van der Waals surface area contributed by atoms with Gasteiger partial charge >= 0.3 is 0 Å². The van der Waals surface area contributed by atoms with Crippen LogP contribution in [0.5, 0.6) is 0 Å². The topological polar surface area (TPSA) is 78.5 Å². The summed E-state index contributed by atoms with van der Waals surface area (Å²) >= 11 is 0. The number of amides is 3. The SMILES string of the molecule is CCN(CC)C(=O)[C@@H]1C[C@H](NC(=O)c2ccccc2)C(=O)N1. The zero-order valence-electron chi connectivity index (χ0n) is 12.8. The molecule has 1 fully saturated rings. The van der Waals surface area contributed by atoms with Crippen molar-refractivity contribution in [3.8, 4) is 0 Å². The smallest absolute Gasteiger partial charge is 0.251 e. The molecule has 0 unspecified atom stereocenters. The third-order valence-corrected chi connectivity index (χ3v) is 3.82. The number of hydrogen-bond donors (Lipinski definition) is 2. The fraction of sp³-hybridized carbons (Fsp3) is 0.438. The van der Waals surface area contributed by atoms with Gasteiger partial charge in [-0.3, -0.25) is 14.4 Å². The summed E-state index contributed by atoms with van der Waals surface area (Å²) < 4.78 is 0. The van der Waals surface area contributed by atoms with Gasteiger partial charge in [-0.05, 0) is 26.0 Å². The highest BCUT2D eigenvalue weighted by Crippen LogP contribution is 2.12. The van der Waals surface area contributed by atoms with Gasteiger partial charge in [0.1, 0.15) is 12.1 Å². The molecule has 1 aromatic rings. The lowest BCUT2D eigenvalue weighted by atomic mass is 10.1. The molecule has 0 radical (unpaired) electrons. The second kappa shape index (κ2) is 7.06. The van der Waals surface area contributed by atoms with Gasteiger partial charge in [0.15, 0.2) is 0 Å². The number of nitrogens with one attached hydrogen (secondary N) is 2. The summed E-state index contributed by atoms with van der Waals surface area (Å²) in [4.78, 5) is 38.0. The molecule has 1 aliphatic heterocycles. The monoisotopic (exact) mass is 303 g/mol. The fourth-order valence-corrected chi connectivity index (χ4v) is 2.55. The van der Waals surface area contributed by atoms with Crippen LogP contribution in [0.4, 0.5) is 0 Å². The van der Waals surface area contributed by atoms with Gasteiger partial charge in [0.25, 0.3) is 5.91 Å². The standard InChI is InChI=1S/C16H21N3O3/c1-3-19(4-2)16(22)13-10-12(15(21)18-13)17-14(20)11-8-6-5-7-9-11/h5-9,12-13H,3-4,10H2,1-2H3,(H,17,20)(H,18,21)/t12-,13-/m0/s1. The summed E-state index contributed by atoms with van der Waals surface area (Å²) in [6, 6.07) is 7.47. The summed E-state index contributed by atoms with van der Waals surface area (Å²) in [5.74, 6) is -0.721. The van der Waals surface area contributed by atoms with Crippen molar-refractivity contribution in [3.63, 3.8) is 0 Å². The van der Waals surface area contributed by atoms with Crippen molar-refractivity contribution < 1.29 is 14.4 Å². The third-order valence-electron chi connectivity index (χ3n) is 3.82. The van der Waals surface area contributed by atoms with Crippen molar-refractivity contribution in [3.05, 3.63) is 35.9 Å². The minimum Gasteiger partial charge on any atom is -0.342 e. The first kappa shape index (κ1) is 16.0. The van der Waals surface area contributed by atoms with Crippen LogP contribution in [0.15, 0.2) is 30.3 Å². The molecule has 1 heterocycles. The first-order valence-electron chi connectivity index (χ1n) is 7.51. The summed E-state index contributed by atoms with van der Waals surface area (Å²) in [6.07, 6.45) is 0.284. The van der Waals surface area contributed by atoms with Crippen molar-refractivity contribution in [2.75, 3.05) is 13.1 Å². The summed E-state index contributed by atoms with van der Waals surface area (Å²) in [7, 11) is 0. The molecule has 0 aliphatic carbocycles. The number of hydrogen-bond acceptors (Lipinski definition) is 3. The van der Waals surface area contributed by atoms with Crippen molar-refractivity contribution in [1.82, 2.24) is 15.5 Å². The molecule has 0 spiro atoms. The van der Waals surface area contributed by atoms with Crippen LogP contribution in [0, 0.1) is 0 Å². The molecule has 1 saturated heterocycles. The Bertz CT molecular complexity index is 555. The first-order valence-corrected chi connectivity index (χ1v) is 7.51. The van der Waals surface area contributed by atoms with E-state index in [0.717, 1.165) is 0 Å². The first-order chi connectivity index (χ1) is 10.6. The molecule has 0 aromatic heterocycles. The number of carbonyl (C=O) groups is 3. The molecule has 3 amide bonds. The largest absolute Gasteiger partial charge is 0.342 e. The van der Waals surface area contributed by atoms with Crippen LogP contribution < -0.4 is 10.6 Å². The van der Waals surface area contributed by atoms with E-state index >= 15 is 0 Å². The van der Waals surface area contributed by atoms with Crippen molar-refractivity contribution >= 4 is 17.7 Å². The van der Waals surface area contributed by atoms with Gasteiger partial charge in [-0.2, -0.15) is 0 Å². The maximum atomic E-state index is 12.3. The lowest BCUT2D eigenvalue weighted by Crippen LogP contribution is -2.44. The molecular formula is C16H21N3O3. The number of rotatable bonds is 5. The molecule has 1 aromatic carbocycles. The van der Waals surface area contributed by atoms with Crippen LogP contribution in [-0.4, -0.2) is 47.8 Å². The van der Waals surface area contributed by atoms with E-state index in [1.165, 1.54) is 0 Å². The molecule has 2 rings (SSSR count). The van der Waals surface area contributed by atoms with E-state index in [9.17, 15) is 14.4 Å². The van der Waals surface area contributed by atoms with E-state index < -0.39 is 12.1 Å². The van der Waals surface area contributed by atoms with E-state index in [0.29, 0.717) is 18.7 Å². The molecule has 118 valence electrons. The Morgan fingerprint density at radius 2 is 1.86 bits per heavy atom. The molecule has 0 saturated carbocycles. The van der Waals surface area contributed by atoms with Crippen LogP contribution in [0.3, 0.4) is 0 Å². The second-order valence-corrected chi connectivity index (χ2v) is 5.20. The van der Waals surface area contributed by atoms with Gasteiger partial charge < -0.3 is 15.5 Å². The van der Waals surface area contributed by atoms with Crippen molar-refractivity contribution in [2.24, 2.45) is 0 Å². The predicted molar refractivity (Wildman–Crippen MR) is 82.2 cm³/mol. The molecule has 2 atom stereocenters. The van der Waals surface area contributed by atoms with E-state index in [1.54, 1.807) is 29.2 Å². The zero-order valence-corrected chi connectivity index (χ0v) is 12.8. The van der Waals surface area contributed by atoms with Crippen LogP contribution in [0.2, 0.25) is 0 Å². The van der Waals surface area contributed by atoms with Gasteiger partial charge in [0.2, 0.25) is 11.8 Å². The normalized spacial score (nSPS) is 20.4. The minimum absolute atomic E-state index is 0.102. The molecule has 22 heavy (non-hydrogen) atoms. The van der Waals surface area contributed by atoms with E-state index in [-0.39, 0.29) is 24.1 Å². The van der Waals surface area contributed by atoms with E-state index in [2.05, 4.69) is 10.6 Å². The van der Waals surface area contributed by atoms with Crippen LogP contribution >= 0.6 is 0 Å². The molecule has 1 aliphatic rings. The predicted octanol–water partition coefficient (Wildman–Crippen LogP) is 0.542. The minimum atomic E-state index is -0.669. The molecule has 2 N–H and O–H groups in total. The Balaban J connectivity index is 1.98. The average Bonchev–Trinajstić information content (AvgIpc) is 2.90. The van der Waals surface area contributed by atoms with Gasteiger partial charge in [-0.1, -0.05) is 18.2 Å². The number of nitrogens with zero attached hydrogens (tertiary/aromatic N) is 1. The average molecular weight is 303 g/mol. The van der Waals surface area contributed by atoms with Crippen molar-refractivity contribution in [2.45, 2.75) is 32.4 Å². The lowest BCUT2D eigenvalue weighted by molar-refractivity contribution is -0.134. The van der Waals surface area contributed by atoms with Crippen LogP contribution in [-0.2, 0) is 9.59 Å². The Hall–Kier alpha value is -2.37. The molecule has 0 bridgehead atoms. The highest BCUT2D eigenvalue weighted by atomic mass is 16.2. The van der Waals surface area contributed by atoms with Gasteiger partial charge in [0, 0.05) is 25.1 Å². The number of benzene rings is 1. The van der Waals surface area contributed by atoms with Gasteiger partial charge in [0.05, 0.1) is 0 Å². The van der Waals surface area contributed by atoms with Gasteiger partial charge in [-0.25, -0.2) is 0 Å². The van der Waals surface area contributed by atoms with Gasteiger partial charge in [-0.15, -0.1) is 0 Å². The van der Waals surface area contributed by atoms with E-state index in [1.807, 2.05) is 19.9 Å². The fourth-order valence-electron chi connectivity index (χ4n) is 2.55. The van der Waals surface area contributed by atoms with Crippen molar-refractivity contribution in [1.29, 1.82) is 0 Å². The van der Waals surface area contributed by atoms with Crippen LogP contribution in [0.25, 0.3) is 0 Å². The Kier molecular flexibility index (Phi) is 5.14. The highest BCUT2D eigenvalue weighted by Gasteiger charge is 2.38. The molecule has 6 nitrogen and oxygen atoms in total. The lowest BCUT2D eigenvalue weighted by Gasteiger charge is -2.22. The summed E-state index contributed by atoms with van der Waals surface area (Å²) in [6.45, 7) is 4.99. The number of likely N-dealkylation sites (N-methyl/N-ethyl adjacent to an activating group) is 1. The highest BCUT2D eigenvalue weighted by molar-refractivity contribution is 6.00. The Morgan fingerprint density at radius 3 is 2.45 bits per heavy atom.